The van der Waals surface area contributed by atoms with Crippen LogP contribution in [-0.2, 0) is 0 Å². The summed E-state index contributed by atoms with van der Waals surface area (Å²) in [6, 6.07) is 0. The first-order valence-electron chi connectivity index (χ1n) is 5.81. The maximum absolute atomic E-state index is 8.67. The van der Waals surface area contributed by atoms with Crippen molar-refractivity contribution in [1.82, 2.24) is 0 Å². The lowest BCUT2D eigenvalue weighted by Crippen LogP contribution is -1.99. The normalized spacial score (nSPS) is 15.7. The summed E-state index contributed by atoms with van der Waals surface area (Å²) in [5.41, 5.74) is 0. The third-order valence-corrected chi connectivity index (χ3v) is 2.95. The van der Waals surface area contributed by atoms with Crippen molar-refractivity contribution in [1.29, 1.82) is 0 Å². The molecule has 0 aromatic rings. The van der Waals surface area contributed by atoms with E-state index in [2.05, 4.69) is 20.8 Å². The molecule has 1 nitrogen and oxygen atoms in total. The third kappa shape index (κ3) is 8.29. The van der Waals surface area contributed by atoms with E-state index in [9.17, 15) is 0 Å². The van der Waals surface area contributed by atoms with Crippen molar-refractivity contribution in [3.63, 3.8) is 0 Å². The van der Waals surface area contributed by atoms with E-state index in [-0.39, 0.29) is 0 Å². The molecule has 0 aliphatic carbocycles. The second kappa shape index (κ2) is 8.55. The molecule has 2 atom stereocenters. The Morgan fingerprint density at radius 2 is 1.46 bits per heavy atom. The highest BCUT2D eigenvalue weighted by Gasteiger charge is 2.03. The van der Waals surface area contributed by atoms with Crippen LogP contribution in [0.3, 0.4) is 0 Å². The molecule has 0 radical (unpaired) electrons. The van der Waals surface area contributed by atoms with Crippen LogP contribution in [0, 0.1) is 11.8 Å². The second-order valence-corrected chi connectivity index (χ2v) is 4.42. The van der Waals surface area contributed by atoms with Gasteiger partial charge >= 0.3 is 0 Å². The average molecular weight is 186 g/mol. The summed E-state index contributed by atoms with van der Waals surface area (Å²) in [5.74, 6) is 1.70. The fourth-order valence-corrected chi connectivity index (χ4v) is 1.60. The number of rotatable bonds is 8. The van der Waals surface area contributed by atoms with Gasteiger partial charge in [-0.05, 0) is 24.7 Å². The maximum Gasteiger partial charge on any atom is 0.0431 e. The zero-order valence-corrected chi connectivity index (χ0v) is 9.55. The van der Waals surface area contributed by atoms with Gasteiger partial charge in [-0.1, -0.05) is 46.5 Å². The molecule has 0 heterocycles. The van der Waals surface area contributed by atoms with Crippen molar-refractivity contribution in [2.45, 2.75) is 59.3 Å². The lowest BCUT2D eigenvalue weighted by atomic mass is 9.95. The summed E-state index contributed by atoms with van der Waals surface area (Å²) >= 11 is 0. The van der Waals surface area contributed by atoms with Gasteiger partial charge in [0.2, 0.25) is 0 Å². The Hall–Kier alpha value is -0.0400. The van der Waals surface area contributed by atoms with Crippen molar-refractivity contribution in [2.24, 2.45) is 11.8 Å². The molecule has 0 unspecified atom stereocenters. The summed E-state index contributed by atoms with van der Waals surface area (Å²) in [5, 5.41) is 8.67. The summed E-state index contributed by atoms with van der Waals surface area (Å²) in [4.78, 5) is 0. The van der Waals surface area contributed by atoms with Gasteiger partial charge in [0.05, 0.1) is 0 Å². The smallest absolute Gasteiger partial charge is 0.0431 e. The molecule has 80 valence electrons. The Morgan fingerprint density at radius 1 is 0.923 bits per heavy atom. The summed E-state index contributed by atoms with van der Waals surface area (Å²) in [6.07, 6.45) is 7.55. The molecular weight excluding hydrogens is 160 g/mol. The van der Waals surface area contributed by atoms with E-state index in [0.717, 1.165) is 18.3 Å². The summed E-state index contributed by atoms with van der Waals surface area (Å²) in [6.45, 7) is 7.25. The Kier molecular flexibility index (Phi) is 8.53. The van der Waals surface area contributed by atoms with Crippen LogP contribution in [0.1, 0.15) is 59.3 Å². The van der Waals surface area contributed by atoms with Gasteiger partial charge in [0.1, 0.15) is 0 Å². The maximum atomic E-state index is 8.67. The van der Waals surface area contributed by atoms with Gasteiger partial charge in [-0.25, -0.2) is 0 Å². The van der Waals surface area contributed by atoms with E-state index in [0.29, 0.717) is 6.61 Å². The molecule has 0 spiro atoms. The fourth-order valence-electron chi connectivity index (χ4n) is 1.60. The standard InChI is InChI=1S/C12H26O/c1-4-11(2)7-5-8-12(3)9-6-10-13/h11-13H,4-10H2,1-3H3/t11-,12-/m0/s1. The Balaban J connectivity index is 3.21. The van der Waals surface area contributed by atoms with E-state index in [1.165, 1.54) is 32.1 Å². The predicted octanol–water partition coefficient (Wildman–Crippen LogP) is 3.61. The lowest BCUT2D eigenvalue weighted by molar-refractivity contribution is 0.270. The van der Waals surface area contributed by atoms with Gasteiger partial charge in [-0.15, -0.1) is 0 Å². The van der Waals surface area contributed by atoms with Crippen molar-refractivity contribution in [2.75, 3.05) is 6.61 Å². The summed E-state index contributed by atoms with van der Waals surface area (Å²) < 4.78 is 0. The molecule has 0 rings (SSSR count). The largest absolute Gasteiger partial charge is 0.396 e. The van der Waals surface area contributed by atoms with Crippen molar-refractivity contribution in [3.8, 4) is 0 Å². The van der Waals surface area contributed by atoms with Gasteiger partial charge in [-0.3, -0.25) is 0 Å². The van der Waals surface area contributed by atoms with Crippen LogP contribution in [0.5, 0.6) is 0 Å². The minimum Gasteiger partial charge on any atom is -0.396 e. The van der Waals surface area contributed by atoms with Gasteiger partial charge in [-0.2, -0.15) is 0 Å². The van der Waals surface area contributed by atoms with Gasteiger partial charge < -0.3 is 5.11 Å². The van der Waals surface area contributed by atoms with Gasteiger partial charge in [0.15, 0.2) is 0 Å². The molecular formula is C12H26O. The van der Waals surface area contributed by atoms with E-state index >= 15 is 0 Å². The second-order valence-electron chi connectivity index (χ2n) is 4.42. The van der Waals surface area contributed by atoms with Crippen LogP contribution < -0.4 is 0 Å². The zero-order valence-electron chi connectivity index (χ0n) is 9.55. The number of aliphatic hydroxyl groups is 1. The van der Waals surface area contributed by atoms with Gasteiger partial charge in [0.25, 0.3) is 0 Å². The first kappa shape index (κ1) is 13.0. The minimum absolute atomic E-state index is 0.357. The first-order chi connectivity index (χ1) is 6.20. The van der Waals surface area contributed by atoms with Crippen LogP contribution in [0.4, 0.5) is 0 Å². The monoisotopic (exact) mass is 186 g/mol. The van der Waals surface area contributed by atoms with Crippen molar-refractivity contribution in [3.05, 3.63) is 0 Å². The molecule has 1 N–H and O–H groups in total. The molecule has 0 aromatic heterocycles. The molecule has 0 amide bonds. The molecule has 0 aromatic carbocycles. The van der Waals surface area contributed by atoms with Gasteiger partial charge in [0, 0.05) is 6.61 Å². The van der Waals surface area contributed by atoms with Crippen molar-refractivity contribution < 1.29 is 5.11 Å². The molecule has 0 saturated carbocycles. The SMILES string of the molecule is CC[C@H](C)CCC[C@H](C)CCCO. The Labute approximate surface area is 83.5 Å². The Bertz CT molecular complexity index is 101. The highest BCUT2D eigenvalue weighted by Crippen LogP contribution is 2.17. The minimum atomic E-state index is 0.357. The highest BCUT2D eigenvalue weighted by atomic mass is 16.2. The highest BCUT2D eigenvalue weighted by molar-refractivity contribution is 4.56. The first-order valence-corrected chi connectivity index (χ1v) is 5.81. The van der Waals surface area contributed by atoms with E-state index in [4.69, 9.17) is 5.11 Å². The molecule has 0 bridgehead atoms. The summed E-state index contributed by atoms with van der Waals surface area (Å²) in [7, 11) is 0. The van der Waals surface area contributed by atoms with Crippen LogP contribution >= 0.6 is 0 Å². The van der Waals surface area contributed by atoms with E-state index in [1.54, 1.807) is 0 Å². The number of hydrogen-bond acceptors (Lipinski definition) is 1. The van der Waals surface area contributed by atoms with Crippen LogP contribution in [-0.4, -0.2) is 11.7 Å². The topological polar surface area (TPSA) is 20.2 Å². The fraction of sp³-hybridized carbons (Fsp3) is 1.00. The van der Waals surface area contributed by atoms with Crippen LogP contribution in [0.2, 0.25) is 0 Å². The molecule has 0 aliphatic rings. The number of aliphatic hydroxyl groups excluding tert-OH is 1. The van der Waals surface area contributed by atoms with Crippen molar-refractivity contribution >= 4 is 0 Å². The average Bonchev–Trinajstić information content (AvgIpc) is 2.14. The van der Waals surface area contributed by atoms with Crippen LogP contribution in [0.15, 0.2) is 0 Å². The predicted molar refractivity (Wildman–Crippen MR) is 58.8 cm³/mol. The van der Waals surface area contributed by atoms with E-state index in [1.807, 2.05) is 0 Å². The van der Waals surface area contributed by atoms with E-state index < -0.39 is 0 Å². The third-order valence-electron chi connectivity index (χ3n) is 2.95. The molecule has 13 heavy (non-hydrogen) atoms. The number of hydrogen-bond donors (Lipinski definition) is 1. The molecule has 0 saturated heterocycles. The quantitative estimate of drug-likeness (QED) is 0.614. The zero-order chi connectivity index (χ0) is 10.1. The molecule has 0 aliphatic heterocycles. The Morgan fingerprint density at radius 3 is 2.00 bits per heavy atom. The molecule has 1 heteroatoms. The van der Waals surface area contributed by atoms with Crippen LogP contribution in [0.25, 0.3) is 0 Å². The molecule has 0 fully saturated rings. The lowest BCUT2D eigenvalue weighted by Gasteiger charge is -2.12.